The van der Waals surface area contributed by atoms with Crippen LogP contribution in [-0.2, 0) is 10.0 Å². The van der Waals surface area contributed by atoms with Gasteiger partial charge in [-0.1, -0.05) is 6.07 Å². The molecule has 0 fully saturated rings. The van der Waals surface area contributed by atoms with Crippen LogP contribution in [0.15, 0.2) is 18.2 Å². The van der Waals surface area contributed by atoms with Gasteiger partial charge < -0.3 is 5.32 Å². The summed E-state index contributed by atoms with van der Waals surface area (Å²) in [5, 5.41) is 2.49. The van der Waals surface area contributed by atoms with E-state index in [4.69, 9.17) is 0 Å². The number of rotatable bonds is 5. The van der Waals surface area contributed by atoms with E-state index < -0.39 is 21.7 Å². The molecule has 0 heterocycles. The number of halogens is 1. The Morgan fingerprint density at radius 2 is 2.00 bits per heavy atom. The first-order valence-corrected chi connectivity index (χ1v) is 7.18. The molecule has 1 aromatic carbocycles. The van der Waals surface area contributed by atoms with Crippen molar-refractivity contribution in [2.45, 2.75) is 6.92 Å². The Balaban J connectivity index is 2.48. The molecular formula is C11H15FN2O3S. The van der Waals surface area contributed by atoms with Gasteiger partial charge in [0.15, 0.2) is 0 Å². The number of sulfonamides is 1. The molecule has 5 nitrogen and oxygen atoms in total. The van der Waals surface area contributed by atoms with Crippen molar-refractivity contribution in [1.29, 1.82) is 0 Å². The van der Waals surface area contributed by atoms with Crippen LogP contribution in [-0.4, -0.2) is 33.7 Å². The van der Waals surface area contributed by atoms with Crippen LogP contribution in [0.2, 0.25) is 0 Å². The fraction of sp³-hybridized carbons (Fsp3) is 0.364. The molecular weight excluding hydrogens is 259 g/mol. The van der Waals surface area contributed by atoms with Crippen LogP contribution >= 0.6 is 0 Å². The van der Waals surface area contributed by atoms with Crippen molar-refractivity contribution >= 4 is 15.9 Å². The number of amides is 1. The Morgan fingerprint density at radius 3 is 2.56 bits per heavy atom. The molecule has 0 aliphatic heterocycles. The van der Waals surface area contributed by atoms with Crippen molar-refractivity contribution in [2.24, 2.45) is 0 Å². The molecule has 1 amide bonds. The summed E-state index contributed by atoms with van der Waals surface area (Å²) in [6.45, 7) is 1.84. The summed E-state index contributed by atoms with van der Waals surface area (Å²) in [6.07, 6.45) is 1.03. The smallest absolute Gasteiger partial charge is 0.251 e. The van der Waals surface area contributed by atoms with Crippen LogP contribution in [0, 0.1) is 12.7 Å². The Kier molecular flexibility index (Phi) is 4.80. The molecule has 0 radical (unpaired) electrons. The number of hydrogen-bond donors (Lipinski definition) is 2. The van der Waals surface area contributed by atoms with E-state index >= 15 is 0 Å². The minimum Gasteiger partial charge on any atom is -0.351 e. The lowest BCUT2D eigenvalue weighted by Crippen LogP contribution is -2.34. The lowest BCUT2D eigenvalue weighted by Gasteiger charge is -2.06. The first kappa shape index (κ1) is 14.6. The molecule has 0 aliphatic carbocycles. The third-order valence-electron chi connectivity index (χ3n) is 2.21. The van der Waals surface area contributed by atoms with Gasteiger partial charge in [0.2, 0.25) is 10.0 Å². The summed E-state index contributed by atoms with van der Waals surface area (Å²) < 4.78 is 37.0. The zero-order valence-electron chi connectivity index (χ0n) is 10.2. The lowest BCUT2D eigenvalue weighted by atomic mass is 10.1. The Bertz CT molecular complexity index is 543. The van der Waals surface area contributed by atoms with Gasteiger partial charge in [0, 0.05) is 18.7 Å². The second-order valence-corrected chi connectivity index (χ2v) is 5.72. The predicted octanol–water partition coefficient (Wildman–Crippen LogP) is 0.413. The Labute approximate surface area is 105 Å². The summed E-state index contributed by atoms with van der Waals surface area (Å²) in [5.74, 6) is -0.888. The van der Waals surface area contributed by atoms with E-state index in [2.05, 4.69) is 10.0 Å². The molecule has 18 heavy (non-hydrogen) atoms. The summed E-state index contributed by atoms with van der Waals surface area (Å²) in [6, 6.07) is 4.17. The minimum absolute atomic E-state index is 0.0961. The van der Waals surface area contributed by atoms with E-state index in [9.17, 15) is 17.6 Å². The maximum atomic E-state index is 13.2. The monoisotopic (exact) mass is 274 g/mol. The van der Waals surface area contributed by atoms with E-state index in [1.54, 1.807) is 6.92 Å². The molecule has 1 aromatic rings. The van der Waals surface area contributed by atoms with Crippen LogP contribution in [0.1, 0.15) is 15.9 Å². The number of hydrogen-bond acceptors (Lipinski definition) is 3. The molecule has 0 saturated carbocycles. The van der Waals surface area contributed by atoms with Crippen LogP contribution < -0.4 is 10.0 Å². The summed E-state index contributed by atoms with van der Waals surface area (Å²) in [7, 11) is -3.26. The zero-order valence-corrected chi connectivity index (χ0v) is 11.0. The van der Waals surface area contributed by atoms with Crippen molar-refractivity contribution in [3.63, 3.8) is 0 Å². The van der Waals surface area contributed by atoms with Gasteiger partial charge in [-0.05, 0) is 24.6 Å². The van der Waals surface area contributed by atoms with Gasteiger partial charge in [-0.15, -0.1) is 0 Å². The number of aryl methyl sites for hydroxylation is 1. The maximum Gasteiger partial charge on any atom is 0.251 e. The molecule has 0 unspecified atom stereocenters. The van der Waals surface area contributed by atoms with Crippen LogP contribution in [0.4, 0.5) is 4.39 Å². The largest absolute Gasteiger partial charge is 0.351 e. The molecule has 0 saturated heterocycles. The van der Waals surface area contributed by atoms with Crippen LogP contribution in [0.3, 0.4) is 0 Å². The van der Waals surface area contributed by atoms with Gasteiger partial charge >= 0.3 is 0 Å². The first-order chi connectivity index (χ1) is 8.29. The van der Waals surface area contributed by atoms with Crippen molar-refractivity contribution < 1.29 is 17.6 Å². The number of carbonyl (C=O) groups is 1. The fourth-order valence-corrected chi connectivity index (χ4v) is 1.72. The minimum atomic E-state index is -3.26. The molecule has 1 rings (SSSR count). The first-order valence-electron chi connectivity index (χ1n) is 5.28. The maximum absolute atomic E-state index is 13.2. The van der Waals surface area contributed by atoms with Gasteiger partial charge in [0.05, 0.1) is 6.26 Å². The van der Waals surface area contributed by atoms with Crippen LogP contribution in [0.5, 0.6) is 0 Å². The molecule has 0 bridgehead atoms. The standard InChI is InChI=1S/C11H15FN2O3S/c1-8-3-4-9(7-10(8)12)11(15)13-5-6-14-18(2,16)17/h3-4,7,14H,5-6H2,1-2H3,(H,13,15). The third-order valence-corrected chi connectivity index (χ3v) is 2.94. The highest BCUT2D eigenvalue weighted by Gasteiger charge is 2.07. The molecule has 0 spiro atoms. The third kappa shape index (κ3) is 4.80. The SMILES string of the molecule is Cc1ccc(C(=O)NCCNS(C)(=O)=O)cc1F. The van der Waals surface area contributed by atoms with Gasteiger partial charge in [-0.3, -0.25) is 4.79 Å². The number of carbonyl (C=O) groups excluding carboxylic acids is 1. The van der Waals surface area contributed by atoms with Crippen LogP contribution in [0.25, 0.3) is 0 Å². The highest BCUT2D eigenvalue weighted by molar-refractivity contribution is 7.88. The van der Waals surface area contributed by atoms with E-state index in [1.165, 1.54) is 12.1 Å². The fourth-order valence-electron chi connectivity index (χ4n) is 1.25. The Morgan fingerprint density at radius 1 is 1.33 bits per heavy atom. The lowest BCUT2D eigenvalue weighted by molar-refractivity contribution is 0.0954. The second kappa shape index (κ2) is 5.92. The molecule has 7 heteroatoms. The van der Waals surface area contributed by atoms with E-state index in [0.29, 0.717) is 5.56 Å². The van der Waals surface area contributed by atoms with E-state index in [1.807, 2.05) is 0 Å². The average Bonchev–Trinajstić information content (AvgIpc) is 2.26. The van der Waals surface area contributed by atoms with Gasteiger partial charge in [-0.2, -0.15) is 0 Å². The number of nitrogens with one attached hydrogen (secondary N) is 2. The second-order valence-electron chi connectivity index (χ2n) is 3.89. The number of benzene rings is 1. The normalized spacial score (nSPS) is 11.3. The molecule has 0 atom stereocenters. The quantitative estimate of drug-likeness (QED) is 0.764. The van der Waals surface area contributed by atoms with Crippen molar-refractivity contribution in [3.8, 4) is 0 Å². The Hall–Kier alpha value is -1.47. The summed E-state index contributed by atoms with van der Waals surface area (Å²) >= 11 is 0. The van der Waals surface area contributed by atoms with E-state index in [-0.39, 0.29) is 18.7 Å². The molecule has 2 N–H and O–H groups in total. The van der Waals surface area contributed by atoms with Gasteiger partial charge in [0.1, 0.15) is 5.82 Å². The predicted molar refractivity (Wildman–Crippen MR) is 66.3 cm³/mol. The molecule has 100 valence electrons. The highest BCUT2D eigenvalue weighted by Crippen LogP contribution is 2.08. The zero-order chi connectivity index (χ0) is 13.8. The van der Waals surface area contributed by atoms with Crippen molar-refractivity contribution in [1.82, 2.24) is 10.0 Å². The van der Waals surface area contributed by atoms with Gasteiger partial charge in [0.25, 0.3) is 5.91 Å². The van der Waals surface area contributed by atoms with Crippen molar-refractivity contribution in [2.75, 3.05) is 19.3 Å². The summed E-state index contributed by atoms with van der Waals surface area (Å²) in [4.78, 5) is 11.6. The molecule has 0 aromatic heterocycles. The topological polar surface area (TPSA) is 75.3 Å². The molecule has 0 aliphatic rings. The van der Waals surface area contributed by atoms with Crippen molar-refractivity contribution in [3.05, 3.63) is 35.1 Å². The highest BCUT2D eigenvalue weighted by atomic mass is 32.2. The van der Waals surface area contributed by atoms with E-state index in [0.717, 1.165) is 12.3 Å². The summed E-state index contributed by atoms with van der Waals surface area (Å²) in [5.41, 5.74) is 0.669. The average molecular weight is 274 g/mol. The van der Waals surface area contributed by atoms with Gasteiger partial charge in [-0.25, -0.2) is 17.5 Å².